The standard InChI is InChI=1S/C25H31B3FN3O10/c1-12(33)18(34)16-15(10-32(20(16)35)23(27)21(36)30-22(37)24(28,38)25(23,39)40)19(26)42-11-14-4-2-3-13(17(14)29)9-31-5-7-41-8-6-31/h2-4,33-34,38-40H,1,5-11,26-28H2,(H,30,36,37)/b18-16-,19-15+. The number of carbonyl (C=O) groups is 3. The highest BCUT2D eigenvalue weighted by Gasteiger charge is 2.71. The Bertz CT molecular complexity index is 1410. The van der Waals surface area contributed by atoms with E-state index in [1.807, 2.05) is 5.32 Å². The Morgan fingerprint density at radius 3 is 2.33 bits per heavy atom. The number of piperidine rings is 1. The lowest BCUT2D eigenvalue weighted by Gasteiger charge is -2.53. The molecule has 3 saturated heterocycles. The van der Waals surface area contributed by atoms with Crippen LogP contribution in [0.1, 0.15) is 11.1 Å². The molecule has 6 N–H and O–H groups in total. The van der Waals surface area contributed by atoms with E-state index in [1.54, 1.807) is 12.1 Å². The van der Waals surface area contributed by atoms with Gasteiger partial charge >= 0.3 is 0 Å². The minimum atomic E-state index is -3.50. The summed E-state index contributed by atoms with van der Waals surface area (Å²) in [5.74, 6) is -9.78. The van der Waals surface area contributed by atoms with Gasteiger partial charge in [0, 0.05) is 42.9 Å². The Labute approximate surface area is 243 Å². The van der Waals surface area contributed by atoms with Crippen molar-refractivity contribution in [1.29, 1.82) is 0 Å². The summed E-state index contributed by atoms with van der Waals surface area (Å²) in [5.41, 5.74) is -5.69. The second-order valence-corrected chi connectivity index (χ2v) is 10.8. The second-order valence-electron chi connectivity index (χ2n) is 10.8. The van der Waals surface area contributed by atoms with Gasteiger partial charge in [-0.05, 0) is 0 Å². The first-order valence-electron chi connectivity index (χ1n) is 13.1. The molecule has 0 spiro atoms. The highest BCUT2D eigenvalue weighted by Crippen LogP contribution is 2.41. The van der Waals surface area contributed by atoms with Crippen LogP contribution in [0.25, 0.3) is 0 Å². The quantitative estimate of drug-likeness (QED) is 0.0598. The molecule has 2 unspecified atom stereocenters. The molecule has 2 atom stereocenters. The number of rotatable bonds is 7. The van der Waals surface area contributed by atoms with Crippen LogP contribution in [0.3, 0.4) is 0 Å². The van der Waals surface area contributed by atoms with E-state index in [1.165, 1.54) is 13.9 Å². The van der Waals surface area contributed by atoms with Crippen LogP contribution in [-0.2, 0) is 37.0 Å². The number of amides is 3. The van der Waals surface area contributed by atoms with E-state index < -0.39 is 63.9 Å². The molecule has 3 heterocycles. The second kappa shape index (κ2) is 11.2. The number of hydrogen-bond donors (Lipinski definition) is 6. The summed E-state index contributed by atoms with van der Waals surface area (Å²) in [6, 6.07) is 4.85. The van der Waals surface area contributed by atoms with Crippen LogP contribution in [0.2, 0.25) is 0 Å². The van der Waals surface area contributed by atoms with E-state index in [0.717, 1.165) is 15.7 Å². The van der Waals surface area contributed by atoms with Crippen LogP contribution in [0, 0.1) is 5.82 Å². The van der Waals surface area contributed by atoms with Gasteiger partial charge in [0.2, 0.25) is 11.7 Å². The third-order valence-electron chi connectivity index (χ3n) is 8.12. The third kappa shape index (κ3) is 5.00. The van der Waals surface area contributed by atoms with Crippen molar-refractivity contribution in [3.05, 3.63) is 70.0 Å². The minimum Gasteiger partial charge on any atom is -0.505 e. The molecular formula is C25H31B3FN3O10. The highest BCUT2D eigenvalue weighted by molar-refractivity contribution is 6.40. The first-order valence-corrected chi connectivity index (χ1v) is 13.1. The number of likely N-dealkylation sites (tertiary alicyclic amines) is 1. The van der Waals surface area contributed by atoms with Gasteiger partial charge in [0.05, 0.1) is 24.4 Å². The molecule has 42 heavy (non-hydrogen) atoms. The molecule has 0 saturated carbocycles. The highest BCUT2D eigenvalue weighted by atomic mass is 19.1. The largest absolute Gasteiger partial charge is 0.505 e. The summed E-state index contributed by atoms with van der Waals surface area (Å²) in [6.45, 7) is 5.10. The molecule has 1 aromatic rings. The van der Waals surface area contributed by atoms with E-state index in [4.69, 9.17) is 9.47 Å². The molecule has 3 fully saturated rings. The molecule has 0 aliphatic carbocycles. The number of nitrogens with zero attached hydrogens (tertiary/aromatic N) is 2. The number of halogens is 1. The van der Waals surface area contributed by atoms with Crippen LogP contribution < -0.4 is 5.32 Å². The molecule has 3 amide bonds. The van der Waals surface area contributed by atoms with E-state index in [2.05, 4.69) is 11.5 Å². The number of carbonyl (C=O) groups excluding carboxylic acids is 3. The topological polar surface area (TPSA) is 189 Å². The van der Waals surface area contributed by atoms with Crippen LogP contribution in [0.4, 0.5) is 4.39 Å². The molecule has 3 aliphatic rings. The number of aliphatic hydroxyl groups is 5. The maximum atomic E-state index is 15.4. The summed E-state index contributed by atoms with van der Waals surface area (Å²) in [6.07, 6.45) is 0. The fourth-order valence-corrected chi connectivity index (χ4v) is 5.20. The fourth-order valence-electron chi connectivity index (χ4n) is 5.20. The number of aliphatic hydroxyl groups excluding tert-OH is 2. The van der Waals surface area contributed by atoms with Crippen molar-refractivity contribution in [2.75, 3.05) is 32.8 Å². The Hall–Kier alpha value is -3.63. The number of ether oxygens (including phenoxy) is 2. The van der Waals surface area contributed by atoms with Gasteiger partial charge in [-0.15, -0.1) is 0 Å². The van der Waals surface area contributed by atoms with Crippen molar-refractivity contribution in [3.8, 4) is 0 Å². The van der Waals surface area contributed by atoms with Crippen molar-refractivity contribution < 1.29 is 53.8 Å². The lowest BCUT2D eigenvalue weighted by Crippen LogP contribution is -2.86. The minimum absolute atomic E-state index is 0.0317. The number of imide groups is 1. The van der Waals surface area contributed by atoms with E-state index in [9.17, 15) is 39.9 Å². The molecule has 1 aromatic carbocycles. The molecule has 222 valence electrons. The lowest BCUT2D eigenvalue weighted by atomic mass is 9.55. The average molecular weight is 585 g/mol. The van der Waals surface area contributed by atoms with E-state index >= 15 is 4.39 Å². The molecule has 17 heteroatoms. The molecule has 3 aliphatic heterocycles. The van der Waals surface area contributed by atoms with Crippen LogP contribution in [0.5, 0.6) is 0 Å². The SMILES string of the molecule is B/C(OCc1cccc(CN2CCOCC2)c1F)=C1/CN(C2(B)C(=O)NC(=O)C(B)(O)C2(O)O)C(=O)/C1=C(\O)C(=C)O. The van der Waals surface area contributed by atoms with Crippen LogP contribution in [-0.4, -0.2) is 126 Å². The summed E-state index contributed by atoms with van der Waals surface area (Å²) < 4.78 is 26.5. The zero-order chi connectivity index (χ0) is 31.2. The van der Waals surface area contributed by atoms with E-state index in [-0.39, 0.29) is 23.4 Å². The van der Waals surface area contributed by atoms with Gasteiger partial charge < -0.3 is 39.9 Å². The van der Waals surface area contributed by atoms with Crippen molar-refractivity contribution in [3.63, 3.8) is 0 Å². The first kappa shape index (κ1) is 31.3. The van der Waals surface area contributed by atoms with Crippen molar-refractivity contribution >= 4 is 41.3 Å². The van der Waals surface area contributed by atoms with Gasteiger partial charge in [-0.25, -0.2) is 4.39 Å². The predicted molar refractivity (Wildman–Crippen MR) is 151 cm³/mol. The third-order valence-corrected chi connectivity index (χ3v) is 8.12. The van der Waals surface area contributed by atoms with Crippen molar-refractivity contribution in [1.82, 2.24) is 15.1 Å². The van der Waals surface area contributed by atoms with Crippen molar-refractivity contribution in [2.45, 2.75) is 29.9 Å². The maximum absolute atomic E-state index is 15.4. The van der Waals surface area contributed by atoms with Gasteiger partial charge in [0.1, 0.15) is 17.9 Å². The molecule has 4 rings (SSSR count). The average Bonchev–Trinajstić information content (AvgIpc) is 3.29. The number of hydrogen-bond acceptors (Lipinski definition) is 11. The molecule has 13 nitrogen and oxygen atoms in total. The Morgan fingerprint density at radius 1 is 1.10 bits per heavy atom. The smallest absolute Gasteiger partial charge is 0.258 e. The number of benzene rings is 1. The maximum Gasteiger partial charge on any atom is 0.258 e. The summed E-state index contributed by atoms with van der Waals surface area (Å²) >= 11 is 0. The van der Waals surface area contributed by atoms with Gasteiger partial charge in [-0.1, -0.05) is 24.8 Å². The predicted octanol–water partition coefficient (Wildman–Crippen LogP) is -4.27. The fraction of sp³-hybridized carbons (Fsp3) is 0.400. The van der Waals surface area contributed by atoms with Crippen LogP contribution in [0.15, 0.2) is 53.1 Å². The van der Waals surface area contributed by atoms with Gasteiger partial charge in [0.15, 0.2) is 40.6 Å². The molecule has 0 radical (unpaired) electrons. The summed E-state index contributed by atoms with van der Waals surface area (Å²) in [7, 11) is 3.06. The zero-order valence-electron chi connectivity index (χ0n) is 23.4. The number of nitrogens with one attached hydrogen (secondary N) is 1. The zero-order valence-corrected chi connectivity index (χ0v) is 23.4. The van der Waals surface area contributed by atoms with Gasteiger partial charge in [-0.3, -0.25) is 24.6 Å². The molecular weight excluding hydrogens is 554 g/mol. The lowest BCUT2D eigenvalue weighted by molar-refractivity contribution is -0.278. The van der Waals surface area contributed by atoms with Gasteiger partial charge in [0.25, 0.3) is 11.8 Å². The van der Waals surface area contributed by atoms with E-state index in [0.29, 0.717) is 43.3 Å². The molecule has 0 aromatic heterocycles. The first-order chi connectivity index (χ1) is 19.6. The number of morpholine rings is 1. The van der Waals surface area contributed by atoms with Crippen molar-refractivity contribution in [2.24, 2.45) is 0 Å². The Kier molecular flexibility index (Phi) is 8.37. The molecule has 0 bridgehead atoms. The van der Waals surface area contributed by atoms with Gasteiger partial charge in [-0.2, -0.15) is 0 Å². The summed E-state index contributed by atoms with van der Waals surface area (Å²) in [5, 5.41) is 54.7. The normalized spacial score (nSPS) is 28.9. The monoisotopic (exact) mass is 585 g/mol. The Balaban J connectivity index is 1.68. The Morgan fingerprint density at radius 2 is 1.71 bits per heavy atom. The summed E-state index contributed by atoms with van der Waals surface area (Å²) in [4.78, 5) is 41.4. The van der Waals surface area contributed by atoms with Crippen LogP contribution >= 0.6 is 0 Å².